The lowest BCUT2D eigenvalue weighted by molar-refractivity contribution is -0.112. The third-order valence-corrected chi connectivity index (χ3v) is 2.52. The molecule has 0 heterocycles. The summed E-state index contributed by atoms with van der Waals surface area (Å²) in [5.41, 5.74) is 1.10. The second-order valence-electron chi connectivity index (χ2n) is 3.55. The number of aliphatic hydroxyl groups is 1. The highest BCUT2D eigenvalue weighted by Crippen LogP contribution is 2.28. The number of carbonyl (C=O) groups excluding carboxylic acids is 1. The average Bonchev–Trinajstić information content (AvgIpc) is 1.97. The largest absolute Gasteiger partial charge is 0.382 e. The molecule has 0 aromatic carbocycles. The lowest BCUT2D eigenvalue weighted by atomic mass is 9.83. The van der Waals surface area contributed by atoms with Crippen LogP contribution in [0.1, 0.15) is 27.7 Å². The first-order valence-electron chi connectivity index (χ1n) is 4.01. The summed E-state index contributed by atoms with van der Waals surface area (Å²) in [4.78, 5) is 11.4. The Morgan fingerprint density at radius 1 is 1.33 bits per heavy atom. The monoisotopic (exact) mass is 166 g/mol. The van der Waals surface area contributed by atoms with Crippen molar-refractivity contribution in [3.05, 3.63) is 22.8 Å². The van der Waals surface area contributed by atoms with Gasteiger partial charge in [-0.1, -0.05) is 0 Å². The summed E-state index contributed by atoms with van der Waals surface area (Å²) in [6.07, 6.45) is 1.61. The fourth-order valence-electron chi connectivity index (χ4n) is 1.44. The Labute approximate surface area is 72.6 Å². The van der Waals surface area contributed by atoms with Crippen molar-refractivity contribution in [2.24, 2.45) is 0 Å². The molecule has 0 saturated heterocycles. The van der Waals surface area contributed by atoms with Crippen LogP contribution in [0, 0.1) is 0 Å². The van der Waals surface area contributed by atoms with E-state index in [1.54, 1.807) is 33.8 Å². The first-order valence-corrected chi connectivity index (χ1v) is 4.01. The normalized spacial score (nSPS) is 30.8. The third-order valence-electron chi connectivity index (χ3n) is 2.52. The molecule has 2 nitrogen and oxygen atoms in total. The molecule has 1 atom stereocenters. The molecule has 0 spiro atoms. The zero-order chi connectivity index (χ0) is 9.52. The Hall–Kier alpha value is -0.890. The van der Waals surface area contributed by atoms with Crippen molar-refractivity contribution in [3.63, 3.8) is 0 Å². The molecule has 2 heteroatoms. The van der Waals surface area contributed by atoms with Gasteiger partial charge in [0, 0.05) is 0 Å². The van der Waals surface area contributed by atoms with E-state index in [1.165, 1.54) is 0 Å². The van der Waals surface area contributed by atoms with E-state index in [1.807, 2.05) is 0 Å². The Balaban J connectivity index is 3.24. The minimum Gasteiger partial charge on any atom is -0.382 e. The van der Waals surface area contributed by atoms with Crippen LogP contribution >= 0.6 is 0 Å². The molecule has 1 N–H and O–H groups in total. The Morgan fingerprint density at radius 2 is 1.83 bits per heavy atom. The van der Waals surface area contributed by atoms with Gasteiger partial charge in [-0.05, 0) is 50.5 Å². The standard InChI is InChI=1S/C10H14O2/c1-6-5-10(4,12)8(3)7(2)9(6)11/h5,12H,1-4H3. The maximum Gasteiger partial charge on any atom is 0.184 e. The van der Waals surface area contributed by atoms with Gasteiger partial charge in [0.1, 0.15) is 5.60 Å². The third kappa shape index (κ3) is 1.23. The van der Waals surface area contributed by atoms with Gasteiger partial charge < -0.3 is 5.11 Å². The van der Waals surface area contributed by atoms with Crippen LogP contribution < -0.4 is 0 Å². The van der Waals surface area contributed by atoms with Gasteiger partial charge in [0.25, 0.3) is 0 Å². The Bertz CT molecular complexity index is 293. The van der Waals surface area contributed by atoms with Crippen molar-refractivity contribution >= 4 is 5.78 Å². The highest BCUT2D eigenvalue weighted by Gasteiger charge is 2.29. The predicted octanol–water partition coefficient (Wildman–Crippen LogP) is 1.60. The molecular weight excluding hydrogens is 152 g/mol. The van der Waals surface area contributed by atoms with Gasteiger partial charge in [-0.15, -0.1) is 0 Å². The van der Waals surface area contributed by atoms with Gasteiger partial charge >= 0.3 is 0 Å². The quantitative estimate of drug-likeness (QED) is 0.593. The molecule has 0 aliphatic heterocycles. The molecule has 12 heavy (non-hydrogen) atoms. The molecule has 0 bridgehead atoms. The molecule has 0 aromatic rings. The van der Waals surface area contributed by atoms with Crippen molar-refractivity contribution in [3.8, 4) is 0 Å². The van der Waals surface area contributed by atoms with Crippen molar-refractivity contribution in [1.29, 1.82) is 0 Å². The number of hydrogen-bond donors (Lipinski definition) is 1. The fourth-order valence-corrected chi connectivity index (χ4v) is 1.44. The molecule has 0 radical (unpaired) electrons. The van der Waals surface area contributed by atoms with E-state index < -0.39 is 5.60 Å². The SMILES string of the molecule is CC1=CC(C)(O)C(C)=C(C)C1=O. The topological polar surface area (TPSA) is 37.3 Å². The van der Waals surface area contributed by atoms with Crippen LogP contribution in [0.3, 0.4) is 0 Å². The number of hydrogen-bond acceptors (Lipinski definition) is 2. The molecule has 1 rings (SSSR count). The second-order valence-corrected chi connectivity index (χ2v) is 3.55. The van der Waals surface area contributed by atoms with Crippen LogP contribution in [0.2, 0.25) is 0 Å². The maximum absolute atomic E-state index is 11.4. The average molecular weight is 166 g/mol. The van der Waals surface area contributed by atoms with E-state index in [4.69, 9.17) is 0 Å². The summed E-state index contributed by atoms with van der Waals surface area (Å²) >= 11 is 0. The van der Waals surface area contributed by atoms with Crippen LogP contribution in [0.15, 0.2) is 22.8 Å². The number of rotatable bonds is 0. The molecule has 0 fully saturated rings. The molecule has 1 aliphatic rings. The zero-order valence-corrected chi connectivity index (χ0v) is 7.93. The molecule has 1 unspecified atom stereocenters. The molecule has 0 amide bonds. The van der Waals surface area contributed by atoms with Gasteiger partial charge in [0.2, 0.25) is 0 Å². The molecule has 66 valence electrons. The van der Waals surface area contributed by atoms with E-state index in [0.29, 0.717) is 11.1 Å². The van der Waals surface area contributed by atoms with Crippen LogP contribution in [-0.4, -0.2) is 16.5 Å². The van der Waals surface area contributed by atoms with E-state index in [2.05, 4.69) is 0 Å². The minimum atomic E-state index is -0.942. The lowest BCUT2D eigenvalue weighted by Crippen LogP contribution is -2.30. The highest BCUT2D eigenvalue weighted by molar-refractivity contribution is 6.09. The van der Waals surface area contributed by atoms with Gasteiger partial charge in [-0.3, -0.25) is 4.79 Å². The van der Waals surface area contributed by atoms with Crippen LogP contribution in [0.4, 0.5) is 0 Å². The van der Waals surface area contributed by atoms with Crippen molar-refractivity contribution < 1.29 is 9.90 Å². The summed E-state index contributed by atoms with van der Waals surface area (Å²) < 4.78 is 0. The summed E-state index contributed by atoms with van der Waals surface area (Å²) in [6.45, 7) is 6.97. The van der Waals surface area contributed by atoms with Crippen LogP contribution in [-0.2, 0) is 4.79 Å². The first-order chi connectivity index (χ1) is 5.36. The molecular formula is C10H14O2. The van der Waals surface area contributed by atoms with Crippen molar-refractivity contribution in [1.82, 2.24) is 0 Å². The zero-order valence-electron chi connectivity index (χ0n) is 7.93. The second kappa shape index (κ2) is 2.56. The van der Waals surface area contributed by atoms with E-state index in [-0.39, 0.29) is 5.78 Å². The maximum atomic E-state index is 11.4. The Morgan fingerprint density at radius 3 is 2.33 bits per heavy atom. The molecule has 0 aromatic heterocycles. The summed E-state index contributed by atoms with van der Waals surface area (Å²) in [6, 6.07) is 0. The lowest BCUT2D eigenvalue weighted by Gasteiger charge is -2.27. The van der Waals surface area contributed by atoms with Gasteiger partial charge in [0.05, 0.1) is 0 Å². The summed E-state index contributed by atoms with van der Waals surface area (Å²) in [7, 11) is 0. The van der Waals surface area contributed by atoms with Gasteiger partial charge in [-0.25, -0.2) is 0 Å². The number of Topliss-reactive ketones (excluding diaryl/α,β-unsaturated/α-hetero) is 1. The smallest absolute Gasteiger partial charge is 0.184 e. The fraction of sp³-hybridized carbons (Fsp3) is 0.500. The van der Waals surface area contributed by atoms with E-state index in [9.17, 15) is 9.90 Å². The van der Waals surface area contributed by atoms with Gasteiger partial charge in [0.15, 0.2) is 5.78 Å². The van der Waals surface area contributed by atoms with Crippen molar-refractivity contribution in [2.45, 2.75) is 33.3 Å². The van der Waals surface area contributed by atoms with Crippen molar-refractivity contribution in [2.75, 3.05) is 0 Å². The van der Waals surface area contributed by atoms with Gasteiger partial charge in [-0.2, -0.15) is 0 Å². The minimum absolute atomic E-state index is 0.0408. The predicted molar refractivity (Wildman–Crippen MR) is 47.8 cm³/mol. The summed E-state index contributed by atoms with van der Waals surface area (Å²) in [5.74, 6) is 0.0408. The first kappa shape index (κ1) is 9.20. The van der Waals surface area contributed by atoms with E-state index in [0.717, 1.165) is 5.57 Å². The molecule has 0 saturated carbocycles. The molecule has 1 aliphatic carbocycles. The van der Waals surface area contributed by atoms with Crippen LogP contribution in [0.5, 0.6) is 0 Å². The van der Waals surface area contributed by atoms with Crippen LogP contribution in [0.25, 0.3) is 0 Å². The number of allylic oxidation sites excluding steroid dienone is 2. The summed E-state index contributed by atoms with van der Waals surface area (Å²) in [5, 5.41) is 9.82. The number of carbonyl (C=O) groups is 1. The Kier molecular flexibility index (Phi) is 1.96. The highest BCUT2D eigenvalue weighted by atomic mass is 16.3. The number of ketones is 1. The van der Waals surface area contributed by atoms with E-state index >= 15 is 0 Å².